The zero-order valence-corrected chi connectivity index (χ0v) is 9.91. The summed E-state index contributed by atoms with van der Waals surface area (Å²) < 4.78 is 0. The van der Waals surface area contributed by atoms with Crippen LogP contribution in [0.3, 0.4) is 0 Å². The zero-order valence-electron chi connectivity index (χ0n) is 9.91. The maximum atomic E-state index is 11.8. The fourth-order valence-corrected chi connectivity index (χ4v) is 1.46. The van der Waals surface area contributed by atoms with Crippen LogP contribution >= 0.6 is 0 Å². The molecule has 0 radical (unpaired) electrons. The van der Waals surface area contributed by atoms with Gasteiger partial charge in [0.05, 0.1) is 24.0 Å². The molecule has 0 aliphatic rings. The molecule has 0 spiro atoms. The molecule has 19 heavy (non-hydrogen) atoms. The summed E-state index contributed by atoms with van der Waals surface area (Å²) >= 11 is 0. The maximum Gasteiger partial charge on any atom is 0.309 e. The molecule has 0 bridgehead atoms. The van der Waals surface area contributed by atoms with E-state index in [1.807, 2.05) is 0 Å². The molecule has 0 unspecified atom stereocenters. The van der Waals surface area contributed by atoms with Crippen LogP contribution in [-0.4, -0.2) is 27.0 Å². The quantitative estimate of drug-likeness (QED) is 0.862. The van der Waals surface area contributed by atoms with Gasteiger partial charge in [0.1, 0.15) is 0 Å². The minimum atomic E-state index is -0.943. The lowest BCUT2D eigenvalue weighted by Crippen LogP contribution is -2.12. The first kappa shape index (κ1) is 12.7. The van der Waals surface area contributed by atoms with Gasteiger partial charge >= 0.3 is 5.97 Å². The topological polar surface area (TPSA) is 92.2 Å². The molecule has 96 valence electrons. The Hall–Kier alpha value is -2.76. The number of nitrogens with one attached hydrogen (secondary N) is 1. The highest BCUT2D eigenvalue weighted by molar-refractivity contribution is 6.04. The van der Waals surface area contributed by atoms with Crippen molar-refractivity contribution in [3.8, 4) is 0 Å². The Morgan fingerprint density at radius 2 is 1.89 bits per heavy atom. The van der Waals surface area contributed by atoms with Crippen molar-refractivity contribution in [2.24, 2.45) is 0 Å². The molecule has 0 aromatic carbocycles. The molecule has 2 heterocycles. The van der Waals surface area contributed by atoms with Crippen molar-refractivity contribution < 1.29 is 14.7 Å². The van der Waals surface area contributed by atoms with E-state index in [1.54, 1.807) is 24.3 Å². The minimum Gasteiger partial charge on any atom is -0.481 e. The van der Waals surface area contributed by atoms with E-state index in [4.69, 9.17) is 5.11 Å². The largest absolute Gasteiger partial charge is 0.481 e. The Labute approximate surface area is 109 Å². The van der Waals surface area contributed by atoms with Crippen molar-refractivity contribution in [1.29, 1.82) is 0 Å². The second-order valence-corrected chi connectivity index (χ2v) is 3.80. The number of carbonyl (C=O) groups is 2. The SMILES string of the molecule is O=C(O)Cc1ccc(NC(=O)c2ccncc2)cn1. The van der Waals surface area contributed by atoms with E-state index in [9.17, 15) is 9.59 Å². The molecular formula is C13H11N3O3. The van der Waals surface area contributed by atoms with Crippen LogP contribution in [0.2, 0.25) is 0 Å². The van der Waals surface area contributed by atoms with E-state index in [0.29, 0.717) is 16.9 Å². The smallest absolute Gasteiger partial charge is 0.309 e. The molecule has 0 fully saturated rings. The summed E-state index contributed by atoms with van der Waals surface area (Å²) in [7, 11) is 0. The average molecular weight is 257 g/mol. The first-order valence-corrected chi connectivity index (χ1v) is 5.53. The van der Waals surface area contributed by atoms with Crippen molar-refractivity contribution in [2.75, 3.05) is 5.32 Å². The molecule has 0 atom stereocenters. The van der Waals surface area contributed by atoms with Gasteiger partial charge in [-0.25, -0.2) is 0 Å². The number of amides is 1. The maximum absolute atomic E-state index is 11.8. The molecule has 0 saturated carbocycles. The molecule has 2 rings (SSSR count). The molecule has 6 nitrogen and oxygen atoms in total. The Bertz CT molecular complexity index is 582. The summed E-state index contributed by atoms with van der Waals surface area (Å²) in [6.45, 7) is 0. The van der Waals surface area contributed by atoms with Crippen LogP contribution in [0.15, 0.2) is 42.9 Å². The summed E-state index contributed by atoms with van der Waals surface area (Å²) in [6, 6.07) is 6.38. The summed E-state index contributed by atoms with van der Waals surface area (Å²) in [5.41, 5.74) is 1.44. The molecule has 2 aromatic heterocycles. The van der Waals surface area contributed by atoms with Crippen LogP contribution in [-0.2, 0) is 11.2 Å². The molecule has 2 aromatic rings. The van der Waals surface area contributed by atoms with Gasteiger partial charge in [-0.05, 0) is 24.3 Å². The van der Waals surface area contributed by atoms with Gasteiger partial charge in [-0.2, -0.15) is 0 Å². The number of hydrogen-bond acceptors (Lipinski definition) is 4. The first-order valence-electron chi connectivity index (χ1n) is 5.53. The van der Waals surface area contributed by atoms with Gasteiger partial charge in [-0.15, -0.1) is 0 Å². The third kappa shape index (κ3) is 3.60. The van der Waals surface area contributed by atoms with Crippen molar-refractivity contribution in [3.63, 3.8) is 0 Å². The molecule has 2 N–H and O–H groups in total. The third-order valence-corrected chi connectivity index (χ3v) is 2.36. The van der Waals surface area contributed by atoms with E-state index in [0.717, 1.165) is 0 Å². The van der Waals surface area contributed by atoms with Crippen LogP contribution in [0.4, 0.5) is 5.69 Å². The highest BCUT2D eigenvalue weighted by Gasteiger charge is 2.06. The van der Waals surface area contributed by atoms with Crippen molar-refractivity contribution >= 4 is 17.6 Å². The molecule has 6 heteroatoms. The number of carboxylic acids is 1. The van der Waals surface area contributed by atoms with Gasteiger partial charge in [0.15, 0.2) is 0 Å². The Balaban J connectivity index is 2.04. The van der Waals surface area contributed by atoms with Crippen LogP contribution in [0.25, 0.3) is 0 Å². The predicted molar refractivity (Wildman–Crippen MR) is 67.8 cm³/mol. The lowest BCUT2D eigenvalue weighted by molar-refractivity contribution is -0.136. The van der Waals surface area contributed by atoms with Crippen molar-refractivity contribution in [2.45, 2.75) is 6.42 Å². The summed E-state index contributed by atoms with van der Waals surface area (Å²) in [5.74, 6) is -1.21. The number of nitrogens with zero attached hydrogens (tertiary/aromatic N) is 2. The lowest BCUT2D eigenvalue weighted by Gasteiger charge is -2.05. The van der Waals surface area contributed by atoms with E-state index in [2.05, 4.69) is 15.3 Å². The van der Waals surface area contributed by atoms with Gasteiger partial charge in [0.2, 0.25) is 0 Å². The molecule has 0 aliphatic carbocycles. The summed E-state index contributed by atoms with van der Waals surface area (Å²) in [5, 5.41) is 11.3. The summed E-state index contributed by atoms with van der Waals surface area (Å²) in [4.78, 5) is 30.1. The standard InChI is InChI=1S/C13H11N3O3/c17-12(18)7-10-1-2-11(8-15-10)16-13(19)9-3-5-14-6-4-9/h1-6,8H,7H2,(H,16,19)(H,17,18). The van der Waals surface area contributed by atoms with E-state index >= 15 is 0 Å². The van der Waals surface area contributed by atoms with Crippen LogP contribution in [0, 0.1) is 0 Å². The van der Waals surface area contributed by atoms with Gasteiger partial charge in [0.25, 0.3) is 5.91 Å². The van der Waals surface area contributed by atoms with Crippen LogP contribution in [0.5, 0.6) is 0 Å². The molecular weight excluding hydrogens is 246 g/mol. The number of carboxylic acid groups (broad SMARTS) is 1. The monoisotopic (exact) mass is 257 g/mol. The Morgan fingerprint density at radius 1 is 1.16 bits per heavy atom. The first-order chi connectivity index (χ1) is 9.15. The van der Waals surface area contributed by atoms with Gasteiger partial charge in [0, 0.05) is 18.0 Å². The third-order valence-electron chi connectivity index (χ3n) is 2.36. The van der Waals surface area contributed by atoms with Gasteiger partial charge in [-0.1, -0.05) is 0 Å². The normalized spacial score (nSPS) is 9.89. The summed E-state index contributed by atoms with van der Waals surface area (Å²) in [6.07, 6.45) is 4.35. The van der Waals surface area contributed by atoms with Gasteiger partial charge in [-0.3, -0.25) is 19.6 Å². The van der Waals surface area contributed by atoms with Crippen molar-refractivity contribution in [3.05, 3.63) is 54.1 Å². The fraction of sp³-hybridized carbons (Fsp3) is 0.0769. The lowest BCUT2D eigenvalue weighted by atomic mass is 10.2. The van der Waals surface area contributed by atoms with E-state index < -0.39 is 5.97 Å². The van der Waals surface area contributed by atoms with E-state index in [-0.39, 0.29) is 12.3 Å². The van der Waals surface area contributed by atoms with Crippen LogP contribution in [0.1, 0.15) is 16.1 Å². The number of aliphatic carboxylic acids is 1. The number of pyridine rings is 2. The Morgan fingerprint density at radius 3 is 2.47 bits per heavy atom. The number of anilines is 1. The number of rotatable bonds is 4. The van der Waals surface area contributed by atoms with Gasteiger partial charge < -0.3 is 10.4 Å². The van der Waals surface area contributed by atoms with Crippen LogP contribution < -0.4 is 5.32 Å². The molecule has 1 amide bonds. The number of aromatic nitrogens is 2. The predicted octanol–water partition coefficient (Wildman–Crippen LogP) is 1.36. The Kier molecular flexibility index (Phi) is 3.82. The molecule has 0 saturated heterocycles. The van der Waals surface area contributed by atoms with E-state index in [1.165, 1.54) is 18.6 Å². The zero-order chi connectivity index (χ0) is 13.7. The number of hydrogen-bond donors (Lipinski definition) is 2. The highest BCUT2D eigenvalue weighted by atomic mass is 16.4. The second-order valence-electron chi connectivity index (χ2n) is 3.80. The fourth-order valence-electron chi connectivity index (χ4n) is 1.46. The minimum absolute atomic E-state index is 0.140. The second kappa shape index (κ2) is 5.72. The van der Waals surface area contributed by atoms with Crippen molar-refractivity contribution in [1.82, 2.24) is 9.97 Å². The number of carbonyl (C=O) groups excluding carboxylic acids is 1. The average Bonchev–Trinajstić information content (AvgIpc) is 2.41. The highest BCUT2D eigenvalue weighted by Crippen LogP contribution is 2.09. The molecule has 0 aliphatic heterocycles.